The number of hydrogen-bond donors (Lipinski definition) is 1. The maximum atomic E-state index is 12.8. The van der Waals surface area contributed by atoms with Crippen molar-refractivity contribution in [2.24, 2.45) is 5.73 Å². The molecule has 1 aliphatic heterocycles. The summed E-state index contributed by atoms with van der Waals surface area (Å²) in [4.78, 5) is 32.1. The van der Waals surface area contributed by atoms with Crippen LogP contribution in [-0.4, -0.2) is 58.8 Å². The zero-order chi connectivity index (χ0) is 18.0. The first kappa shape index (κ1) is 17.2. The number of amides is 2. The van der Waals surface area contributed by atoms with Crippen molar-refractivity contribution in [2.75, 3.05) is 26.2 Å². The van der Waals surface area contributed by atoms with Crippen LogP contribution in [0.25, 0.3) is 11.5 Å². The molecule has 1 atom stereocenters. The third-order valence-corrected chi connectivity index (χ3v) is 4.57. The fraction of sp³-hybridized carbons (Fsp3) is 0.389. The quantitative estimate of drug-likeness (QED) is 0.903. The van der Waals surface area contributed by atoms with Crippen molar-refractivity contribution in [1.82, 2.24) is 14.8 Å². The van der Waals surface area contributed by atoms with Crippen LogP contribution in [0.15, 0.2) is 34.7 Å². The number of nitrogens with two attached hydrogens (primary N) is 1. The molecular formula is C18H22N4O3. The molecule has 0 bridgehead atoms. The van der Waals surface area contributed by atoms with Gasteiger partial charge in [0.25, 0.3) is 5.91 Å². The van der Waals surface area contributed by atoms with E-state index in [0.717, 1.165) is 5.56 Å². The Labute approximate surface area is 146 Å². The standard InChI is InChI=1S/C18H22N4O3/c1-12-15(25-17(20-12)14-6-4-3-5-7-14)18(24)22-10-8-21(9-11-22)13(2)16(19)23/h3-7,13H,8-11H2,1-2H3,(H2,19,23). The predicted octanol–water partition coefficient (Wildman–Crippen LogP) is 1.28. The molecule has 1 aromatic heterocycles. The number of rotatable bonds is 4. The summed E-state index contributed by atoms with van der Waals surface area (Å²) in [6.45, 7) is 5.82. The molecule has 1 aromatic carbocycles. The molecule has 2 amide bonds. The Morgan fingerprint density at radius 2 is 1.80 bits per heavy atom. The minimum absolute atomic E-state index is 0.168. The fourth-order valence-corrected chi connectivity index (χ4v) is 2.93. The molecule has 0 aliphatic carbocycles. The van der Waals surface area contributed by atoms with Gasteiger partial charge in [0.15, 0.2) is 0 Å². The maximum absolute atomic E-state index is 12.8. The first-order chi connectivity index (χ1) is 12.0. The number of hydrogen-bond acceptors (Lipinski definition) is 5. The van der Waals surface area contributed by atoms with Gasteiger partial charge in [0, 0.05) is 31.7 Å². The molecule has 25 heavy (non-hydrogen) atoms. The van der Waals surface area contributed by atoms with E-state index in [9.17, 15) is 9.59 Å². The number of piperazine rings is 1. The minimum atomic E-state index is -0.349. The van der Waals surface area contributed by atoms with E-state index in [4.69, 9.17) is 10.2 Å². The summed E-state index contributed by atoms with van der Waals surface area (Å²) in [7, 11) is 0. The monoisotopic (exact) mass is 342 g/mol. The second-order valence-corrected chi connectivity index (χ2v) is 6.21. The van der Waals surface area contributed by atoms with Crippen LogP contribution < -0.4 is 5.73 Å². The molecular weight excluding hydrogens is 320 g/mol. The number of oxazole rings is 1. The van der Waals surface area contributed by atoms with Gasteiger partial charge in [-0.25, -0.2) is 4.98 Å². The van der Waals surface area contributed by atoms with E-state index >= 15 is 0 Å². The van der Waals surface area contributed by atoms with Crippen molar-refractivity contribution in [2.45, 2.75) is 19.9 Å². The number of nitrogens with zero attached hydrogens (tertiary/aromatic N) is 3. The van der Waals surface area contributed by atoms with Crippen LogP contribution in [0.5, 0.6) is 0 Å². The summed E-state index contributed by atoms with van der Waals surface area (Å²) in [5, 5.41) is 0. The van der Waals surface area contributed by atoms with Crippen LogP contribution in [0.1, 0.15) is 23.2 Å². The van der Waals surface area contributed by atoms with E-state index in [0.29, 0.717) is 37.8 Å². The van der Waals surface area contributed by atoms with Crippen molar-refractivity contribution >= 4 is 11.8 Å². The van der Waals surface area contributed by atoms with Gasteiger partial charge in [-0.15, -0.1) is 0 Å². The van der Waals surface area contributed by atoms with Crippen LogP contribution in [-0.2, 0) is 4.79 Å². The molecule has 1 fully saturated rings. The summed E-state index contributed by atoms with van der Waals surface area (Å²) in [6.07, 6.45) is 0. The molecule has 1 aliphatic rings. The lowest BCUT2D eigenvalue weighted by Gasteiger charge is -2.36. The largest absolute Gasteiger partial charge is 0.431 e. The highest BCUT2D eigenvalue weighted by molar-refractivity contribution is 5.93. The van der Waals surface area contributed by atoms with E-state index in [1.807, 2.05) is 35.2 Å². The number of primary amides is 1. The Kier molecular flexibility index (Phi) is 4.85. The third kappa shape index (κ3) is 3.56. The normalized spacial score (nSPS) is 16.6. The maximum Gasteiger partial charge on any atom is 0.291 e. The number of benzene rings is 1. The lowest BCUT2D eigenvalue weighted by molar-refractivity contribution is -0.123. The molecule has 132 valence electrons. The topological polar surface area (TPSA) is 92.7 Å². The number of carbonyl (C=O) groups excluding carboxylic acids is 2. The Bertz CT molecular complexity index is 764. The minimum Gasteiger partial charge on any atom is -0.431 e. The SMILES string of the molecule is Cc1nc(-c2ccccc2)oc1C(=O)N1CCN(C(C)C(N)=O)CC1. The summed E-state index contributed by atoms with van der Waals surface area (Å²) < 4.78 is 5.74. The second kappa shape index (κ2) is 7.06. The average molecular weight is 342 g/mol. The summed E-state index contributed by atoms with van der Waals surface area (Å²) in [5.74, 6) is 0.203. The van der Waals surface area contributed by atoms with Crippen molar-refractivity contribution in [3.63, 3.8) is 0 Å². The molecule has 1 saturated heterocycles. The van der Waals surface area contributed by atoms with Crippen LogP contribution in [0.4, 0.5) is 0 Å². The predicted molar refractivity (Wildman–Crippen MR) is 92.8 cm³/mol. The van der Waals surface area contributed by atoms with E-state index in [1.54, 1.807) is 18.7 Å². The Balaban J connectivity index is 1.70. The highest BCUT2D eigenvalue weighted by atomic mass is 16.4. The van der Waals surface area contributed by atoms with Gasteiger partial charge in [0.05, 0.1) is 11.7 Å². The second-order valence-electron chi connectivity index (χ2n) is 6.21. The third-order valence-electron chi connectivity index (χ3n) is 4.57. The molecule has 7 nitrogen and oxygen atoms in total. The number of aryl methyl sites for hydroxylation is 1. The highest BCUT2D eigenvalue weighted by Crippen LogP contribution is 2.23. The van der Waals surface area contributed by atoms with E-state index in [1.165, 1.54) is 0 Å². The van der Waals surface area contributed by atoms with Gasteiger partial charge in [-0.05, 0) is 26.0 Å². The Hall–Kier alpha value is -2.67. The molecule has 2 N–H and O–H groups in total. The number of aromatic nitrogens is 1. The van der Waals surface area contributed by atoms with E-state index in [-0.39, 0.29) is 23.6 Å². The molecule has 1 unspecified atom stereocenters. The molecule has 3 rings (SSSR count). The van der Waals surface area contributed by atoms with Crippen LogP contribution in [0.2, 0.25) is 0 Å². The molecule has 7 heteroatoms. The smallest absolute Gasteiger partial charge is 0.291 e. The molecule has 0 saturated carbocycles. The molecule has 2 aromatic rings. The van der Waals surface area contributed by atoms with E-state index < -0.39 is 0 Å². The highest BCUT2D eigenvalue weighted by Gasteiger charge is 2.29. The van der Waals surface area contributed by atoms with Gasteiger partial charge in [-0.1, -0.05) is 18.2 Å². The molecule has 0 spiro atoms. The zero-order valence-electron chi connectivity index (χ0n) is 14.4. The van der Waals surface area contributed by atoms with Gasteiger partial charge >= 0.3 is 0 Å². The van der Waals surface area contributed by atoms with Crippen molar-refractivity contribution in [3.8, 4) is 11.5 Å². The van der Waals surface area contributed by atoms with Crippen molar-refractivity contribution in [3.05, 3.63) is 41.8 Å². The van der Waals surface area contributed by atoms with Gasteiger partial charge < -0.3 is 15.1 Å². The number of carbonyl (C=O) groups is 2. The molecule has 2 heterocycles. The summed E-state index contributed by atoms with van der Waals surface area (Å²) in [5.41, 5.74) is 6.76. The van der Waals surface area contributed by atoms with Crippen LogP contribution in [0.3, 0.4) is 0 Å². The van der Waals surface area contributed by atoms with Crippen LogP contribution >= 0.6 is 0 Å². The Morgan fingerprint density at radius 1 is 1.16 bits per heavy atom. The van der Waals surface area contributed by atoms with Gasteiger partial charge in [-0.2, -0.15) is 0 Å². The van der Waals surface area contributed by atoms with E-state index in [2.05, 4.69) is 4.98 Å². The zero-order valence-corrected chi connectivity index (χ0v) is 14.4. The molecule has 0 radical (unpaired) electrons. The van der Waals surface area contributed by atoms with Gasteiger partial charge in [-0.3, -0.25) is 14.5 Å². The van der Waals surface area contributed by atoms with Gasteiger partial charge in [0.2, 0.25) is 17.6 Å². The van der Waals surface area contributed by atoms with Crippen molar-refractivity contribution < 1.29 is 14.0 Å². The van der Waals surface area contributed by atoms with Crippen LogP contribution in [0, 0.1) is 6.92 Å². The average Bonchev–Trinajstić information content (AvgIpc) is 3.03. The first-order valence-electron chi connectivity index (χ1n) is 8.33. The fourth-order valence-electron chi connectivity index (χ4n) is 2.93. The Morgan fingerprint density at radius 3 is 2.40 bits per heavy atom. The van der Waals surface area contributed by atoms with Gasteiger partial charge in [0.1, 0.15) is 0 Å². The van der Waals surface area contributed by atoms with Crippen molar-refractivity contribution in [1.29, 1.82) is 0 Å². The lowest BCUT2D eigenvalue weighted by atomic mass is 10.2. The lowest BCUT2D eigenvalue weighted by Crippen LogP contribution is -2.54. The summed E-state index contributed by atoms with van der Waals surface area (Å²) >= 11 is 0. The summed E-state index contributed by atoms with van der Waals surface area (Å²) in [6, 6.07) is 9.17. The first-order valence-corrected chi connectivity index (χ1v) is 8.33.